The van der Waals surface area contributed by atoms with Crippen LogP contribution in [-0.4, -0.2) is 4.98 Å². The number of aromatic nitrogens is 1. The standard InChI is InChI=1S/C22H21NO/c1-13(2)18-10-15(4)11-19-16-6-5-7-17(21(16)24-22(18)19)20-12-14(3)8-9-23-20/h5-13H,1-4H3. The van der Waals surface area contributed by atoms with E-state index in [-0.39, 0.29) is 0 Å². The number of nitrogens with zero attached hydrogens (tertiary/aromatic N) is 1. The van der Waals surface area contributed by atoms with Crippen molar-refractivity contribution in [1.29, 1.82) is 0 Å². The molecule has 0 unspecified atom stereocenters. The lowest BCUT2D eigenvalue weighted by Gasteiger charge is -2.07. The molecule has 0 N–H and O–H groups in total. The molecule has 0 atom stereocenters. The molecule has 4 aromatic rings. The van der Waals surface area contributed by atoms with Crippen LogP contribution >= 0.6 is 0 Å². The maximum Gasteiger partial charge on any atom is 0.144 e. The first-order valence-electron chi connectivity index (χ1n) is 8.43. The second kappa shape index (κ2) is 5.48. The van der Waals surface area contributed by atoms with E-state index < -0.39 is 0 Å². The zero-order valence-electron chi connectivity index (χ0n) is 14.6. The van der Waals surface area contributed by atoms with Crippen molar-refractivity contribution < 1.29 is 4.42 Å². The van der Waals surface area contributed by atoms with Crippen LogP contribution in [0.4, 0.5) is 0 Å². The third-order valence-electron chi connectivity index (χ3n) is 4.58. The summed E-state index contributed by atoms with van der Waals surface area (Å²) in [4.78, 5) is 4.55. The zero-order chi connectivity index (χ0) is 16.8. The molecule has 0 spiro atoms. The SMILES string of the molecule is Cc1ccnc(-c2cccc3c2oc2c(C(C)C)cc(C)cc23)c1. The number of benzene rings is 2. The molecule has 0 aliphatic rings. The minimum atomic E-state index is 0.425. The summed E-state index contributed by atoms with van der Waals surface area (Å²) in [6.45, 7) is 8.66. The molecular weight excluding hydrogens is 294 g/mol. The fraction of sp³-hybridized carbons (Fsp3) is 0.227. The summed E-state index contributed by atoms with van der Waals surface area (Å²) in [6, 6.07) is 14.9. The number of hydrogen-bond donors (Lipinski definition) is 0. The quantitative estimate of drug-likeness (QED) is 0.428. The number of furan rings is 1. The first-order chi connectivity index (χ1) is 11.5. The molecule has 0 saturated heterocycles. The van der Waals surface area contributed by atoms with Crippen LogP contribution in [0.3, 0.4) is 0 Å². The summed E-state index contributed by atoms with van der Waals surface area (Å²) in [5.41, 5.74) is 7.69. The maximum atomic E-state index is 6.39. The number of para-hydroxylation sites is 1. The lowest BCUT2D eigenvalue weighted by Crippen LogP contribution is -1.89. The second-order valence-electron chi connectivity index (χ2n) is 6.89. The lowest BCUT2D eigenvalue weighted by molar-refractivity contribution is 0.657. The van der Waals surface area contributed by atoms with Gasteiger partial charge in [0.1, 0.15) is 11.2 Å². The summed E-state index contributed by atoms with van der Waals surface area (Å²) in [7, 11) is 0. The van der Waals surface area contributed by atoms with Crippen molar-refractivity contribution in [2.45, 2.75) is 33.6 Å². The Morgan fingerprint density at radius 2 is 1.71 bits per heavy atom. The van der Waals surface area contributed by atoms with Gasteiger partial charge in [-0.2, -0.15) is 0 Å². The Kier molecular flexibility index (Phi) is 3.42. The topological polar surface area (TPSA) is 26.0 Å². The van der Waals surface area contributed by atoms with Crippen LogP contribution in [0.25, 0.3) is 33.2 Å². The molecular formula is C22H21NO. The number of fused-ring (bicyclic) bond motifs is 3. The minimum Gasteiger partial charge on any atom is -0.455 e. The maximum absolute atomic E-state index is 6.39. The van der Waals surface area contributed by atoms with Gasteiger partial charge in [0.25, 0.3) is 0 Å². The smallest absolute Gasteiger partial charge is 0.144 e. The fourth-order valence-electron chi connectivity index (χ4n) is 3.39. The van der Waals surface area contributed by atoms with Gasteiger partial charge >= 0.3 is 0 Å². The summed E-state index contributed by atoms with van der Waals surface area (Å²) in [6.07, 6.45) is 1.86. The van der Waals surface area contributed by atoms with Crippen LogP contribution in [0.15, 0.2) is 53.1 Å². The Balaban J connectivity index is 2.10. The van der Waals surface area contributed by atoms with Gasteiger partial charge in [0.15, 0.2) is 0 Å². The molecule has 2 heteroatoms. The van der Waals surface area contributed by atoms with Crippen LogP contribution in [0.5, 0.6) is 0 Å². The Morgan fingerprint density at radius 3 is 2.46 bits per heavy atom. The van der Waals surface area contributed by atoms with E-state index in [1.54, 1.807) is 0 Å². The Bertz CT molecular complexity index is 1060. The Hall–Kier alpha value is -2.61. The molecule has 120 valence electrons. The Morgan fingerprint density at radius 1 is 0.875 bits per heavy atom. The van der Waals surface area contributed by atoms with E-state index >= 15 is 0 Å². The van der Waals surface area contributed by atoms with E-state index in [0.29, 0.717) is 5.92 Å². The highest BCUT2D eigenvalue weighted by atomic mass is 16.3. The molecule has 0 bridgehead atoms. The van der Waals surface area contributed by atoms with Crippen molar-refractivity contribution in [3.63, 3.8) is 0 Å². The molecule has 0 fully saturated rings. The van der Waals surface area contributed by atoms with Gasteiger partial charge in [-0.15, -0.1) is 0 Å². The van der Waals surface area contributed by atoms with Crippen molar-refractivity contribution in [2.24, 2.45) is 0 Å². The molecule has 2 aromatic carbocycles. The summed E-state index contributed by atoms with van der Waals surface area (Å²) in [5.74, 6) is 0.425. The van der Waals surface area contributed by atoms with E-state index in [1.165, 1.54) is 22.1 Å². The van der Waals surface area contributed by atoms with Crippen molar-refractivity contribution >= 4 is 21.9 Å². The van der Waals surface area contributed by atoms with Crippen molar-refractivity contribution in [3.05, 3.63) is 65.4 Å². The van der Waals surface area contributed by atoms with E-state index in [4.69, 9.17) is 4.42 Å². The monoisotopic (exact) mass is 315 g/mol. The van der Waals surface area contributed by atoms with Crippen molar-refractivity contribution in [2.75, 3.05) is 0 Å². The zero-order valence-corrected chi connectivity index (χ0v) is 14.6. The largest absolute Gasteiger partial charge is 0.455 e. The van der Waals surface area contributed by atoms with Crippen LogP contribution < -0.4 is 0 Å². The van der Waals surface area contributed by atoms with Crippen LogP contribution in [-0.2, 0) is 0 Å². The van der Waals surface area contributed by atoms with Crippen molar-refractivity contribution in [3.8, 4) is 11.3 Å². The summed E-state index contributed by atoms with van der Waals surface area (Å²) in [5, 5.41) is 2.36. The minimum absolute atomic E-state index is 0.425. The second-order valence-corrected chi connectivity index (χ2v) is 6.89. The van der Waals surface area contributed by atoms with Gasteiger partial charge in [-0.05, 0) is 60.7 Å². The van der Waals surface area contributed by atoms with Crippen LogP contribution in [0.2, 0.25) is 0 Å². The predicted molar refractivity (Wildman–Crippen MR) is 101 cm³/mol. The third-order valence-corrected chi connectivity index (χ3v) is 4.58. The first kappa shape index (κ1) is 14.9. The fourth-order valence-corrected chi connectivity index (χ4v) is 3.39. The van der Waals surface area contributed by atoms with Gasteiger partial charge in [-0.1, -0.05) is 32.0 Å². The van der Waals surface area contributed by atoms with Crippen LogP contribution in [0, 0.1) is 13.8 Å². The Labute approximate surface area is 142 Å². The first-order valence-corrected chi connectivity index (χ1v) is 8.43. The van der Waals surface area contributed by atoms with Gasteiger partial charge in [-0.25, -0.2) is 0 Å². The highest BCUT2D eigenvalue weighted by Crippen LogP contribution is 2.38. The van der Waals surface area contributed by atoms with Gasteiger partial charge in [0, 0.05) is 22.5 Å². The van der Waals surface area contributed by atoms with E-state index in [2.05, 4.69) is 69.1 Å². The van der Waals surface area contributed by atoms with Gasteiger partial charge in [0.2, 0.25) is 0 Å². The van der Waals surface area contributed by atoms with E-state index in [1.807, 2.05) is 12.3 Å². The normalized spacial score (nSPS) is 11.7. The van der Waals surface area contributed by atoms with E-state index in [0.717, 1.165) is 27.8 Å². The number of pyridine rings is 1. The predicted octanol–water partition coefficient (Wildman–Crippen LogP) is 6.39. The highest BCUT2D eigenvalue weighted by molar-refractivity contribution is 6.10. The van der Waals surface area contributed by atoms with E-state index in [9.17, 15) is 0 Å². The molecule has 0 aliphatic heterocycles. The van der Waals surface area contributed by atoms with Gasteiger partial charge < -0.3 is 4.42 Å². The van der Waals surface area contributed by atoms with Gasteiger partial charge in [-0.3, -0.25) is 4.98 Å². The lowest BCUT2D eigenvalue weighted by atomic mass is 9.97. The summed E-state index contributed by atoms with van der Waals surface area (Å²) >= 11 is 0. The third kappa shape index (κ3) is 2.30. The molecule has 2 heterocycles. The number of aryl methyl sites for hydroxylation is 2. The van der Waals surface area contributed by atoms with Crippen molar-refractivity contribution in [1.82, 2.24) is 4.98 Å². The molecule has 0 aliphatic carbocycles. The molecule has 0 amide bonds. The molecule has 4 rings (SSSR count). The average Bonchev–Trinajstić information content (AvgIpc) is 2.92. The number of rotatable bonds is 2. The molecule has 0 radical (unpaired) electrons. The average molecular weight is 315 g/mol. The molecule has 2 aromatic heterocycles. The highest BCUT2D eigenvalue weighted by Gasteiger charge is 2.17. The molecule has 24 heavy (non-hydrogen) atoms. The van der Waals surface area contributed by atoms with Crippen LogP contribution in [0.1, 0.15) is 36.5 Å². The molecule has 0 saturated carbocycles. The van der Waals surface area contributed by atoms with Gasteiger partial charge in [0.05, 0.1) is 5.69 Å². The number of hydrogen-bond acceptors (Lipinski definition) is 2. The summed E-state index contributed by atoms with van der Waals surface area (Å²) < 4.78 is 6.39. The molecule has 2 nitrogen and oxygen atoms in total.